The van der Waals surface area contributed by atoms with Crippen LogP contribution < -0.4 is 0 Å². The molecule has 0 radical (unpaired) electrons. The van der Waals surface area contributed by atoms with Gasteiger partial charge in [0.25, 0.3) is 5.97 Å². The second-order valence-corrected chi connectivity index (χ2v) is 5.41. The molecule has 3 N–H and O–H groups in total. The van der Waals surface area contributed by atoms with E-state index in [1.54, 1.807) is 6.08 Å². The maximum atomic E-state index is 8.62. The summed E-state index contributed by atoms with van der Waals surface area (Å²) in [6, 6.07) is 0. The van der Waals surface area contributed by atoms with Gasteiger partial charge in [-0.2, -0.15) is 0 Å². The van der Waals surface area contributed by atoms with Crippen molar-refractivity contribution in [1.82, 2.24) is 0 Å². The van der Waals surface area contributed by atoms with Crippen LogP contribution in [-0.4, -0.2) is 21.3 Å². The Morgan fingerprint density at radius 1 is 0.684 bits per heavy atom. The molecule has 0 aliphatic heterocycles. The van der Waals surface area contributed by atoms with Gasteiger partial charge in [-0.05, 0) is 18.9 Å². The highest BCUT2D eigenvalue weighted by atomic mass is 16.7. The third kappa shape index (κ3) is 17.6. The molecule has 0 unspecified atom stereocenters. The van der Waals surface area contributed by atoms with Crippen molar-refractivity contribution in [3.8, 4) is 0 Å². The van der Waals surface area contributed by atoms with Crippen molar-refractivity contribution < 1.29 is 15.3 Å². The van der Waals surface area contributed by atoms with Crippen molar-refractivity contribution in [3.63, 3.8) is 0 Å². The largest absolute Gasteiger partial charge is 0.340 e. The van der Waals surface area contributed by atoms with Crippen LogP contribution in [0.5, 0.6) is 0 Å². The summed E-state index contributed by atoms with van der Waals surface area (Å²) in [7, 11) is 0. The fraction of sp³-hybridized carbons (Fsp3) is 0.875. The van der Waals surface area contributed by atoms with Crippen LogP contribution >= 0.6 is 0 Å². The zero-order chi connectivity index (χ0) is 14.4. The first kappa shape index (κ1) is 18.6. The molecular formula is C16H32O3. The molecule has 19 heavy (non-hydrogen) atoms. The molecule has 3 nitrogen and oxygen atoms in total. The summed E-state index contributed by atoms with van der Waals surface area (Å²) in [6.07, 6.45) is 17.8. The lowest BCUT2D eigenvalue weighted by atomic mass is 10.1. The van der Waals surface area contributed by atoms with Gasteiger partial charge in [-0.3, -0.25) is 0 Å². The highest BCUT2D eigenvalue weighted by Gasteiger charge is 2.10. The van der Waals surface area contributed by atoms with E-state index in [0.717, 1.165) is 18.9 Å². The molecule has 0 saturated heterocycles. The van der Waals surface area contributed by atoms with Gasteiger partial charge >= 0.3 is 0 Å². The van der Waals surface area contributed by atoms with Crippen LogP contribution in [0.15, 0.2) is 12.2 Å². The average Bonchev–Trinajstić information content (AvgIpc) is 2.34. The lowest BCUT2D eigenvalue weighted by molar-refractivity contribution is -0.273. The van der Waals surface area contributed by atoms with Gasteiger partial charge in [0.05, 0.1) is 0 Å². The van der Waals surface area contributed by atoms with Gasteiger partial charge in [-0.15, -0.1) is 0 Å². The van der Waals surface area contributed by atoms with Gasteiger partial charge in [-0.25, -0.2) is 0 Å². The number of allylic oxidation sites excluding steroid dienone is 1. The molecule has 0 aliphatic carbocycles. The number of unbranched alkanes of at least 4 members (excludes halogenated alkanes) is 11. The Morgan fingerprint density at radius 2 is 1.11 bits per heavy atom. The predicted molar refractivity (Wildman–Crippen MR) is 79.6 cm³/mol. The van der Waals surface area contributed by atoms with Crippen LogP contribution in [0.4, 0.5) is 0 Å². The highest BCUT2D eigenvalue weighted by Crippen LogP contribution is 2.12. The number of hydrogen-bond acceptors (Lipinski definition) is 3. The van der Waals surface area contributed by atoms with E-state index in [1.807, 2.05) is 0 Å². The van der Waals surface area contributed by atoms with Gasteiger partial charge in [0.1, 0.15) is 0 Å². The normalized spacial score (nSPS) is 12.4. The molecular weight excluding hydrogens is 240 g/mol. The molecule has 0 aromatic carbocycles. The van der Waals surface area contributed by atoms with Gasteiger partial charge in [0, 0.05) is 0 Å². The second kappa shape index (κ2) is 12.6. The van der Waals surface area contributed by atoms with E-state index in [2.05, 4.69) is 6.92 Å². The summed E-state index contributed by atoms with van der Waals surface area (Å²) in [6.45, 7) is 2.25. The Bertz CT molecular complexity index is 207. The molecule has 0 amide bonds. The van der Waals surface area contributed by atoms with Crippen LogP contribution in [0.3, 0.4) is 0 Å². The van der Waals surface area contributed by atoms with Crippen molar-refractivity contribution in [2.24, 2.45) is 0 Å². The summed E-state index contributed by atoms with van der Waals surface area (Å²) >= 11 is 0. The zero-order valence-corrected chi connectivity index (χ0v) is 12.5. The summed E-state index contributed by atoms with van der Waals surface area (Å²) < 4.78 is 0. The molecule has 3 heteroatoms. The second-order valence-electron chi connectivity index (χ2n) is 5.41. The minimum atomic E-state index is -2.64. The number of aliphatic hydroxyl groups is 3. The van der Waals surface area contributed by atoms with Gasteiger partial charge in [-0.1, -0.05) is 77.2 Å². The third-order valence-corrected chi connectivity index (χ3v) is 3.32. The lowest BCUT2D eigenvalue weighted by Crippen LogP contribution is -2.23. The minimum Gasteiger partial charge on any atom is -0.340 e. The van der Waals surface area contributed by atoms with Gasteiger partial charge in [0.2, 0.25) is 0 Å². The molecule has 0 aromatic rings. The monoisotopic (exact) mass is 272 g/mol. The van der Waals surface area contributed by atoms with Crippen LogP contribution in [0.25, 0.3) is 0 Å². The number of hydrogen-bond donors (Lipinski definition) is 3. The van der Waals surface area contributed by atoms with Crippen molar-refractivity contribution in [2.75, 3.05) is 0 Å². The van der Waals surface area contributed by atoms with Crippen LogP contribution in [-0.2, 0) is 0 Å². The summed E-state index contributed by atoms with van der Waals surface area (Å²) in [5.74, 6) is -2.64. The Hall–Kier alpha value is -0.380. The van der Waals surface area contributed by atoms with Crippen molar-refractivity contribution >= 4 is 0 Å². The fourth-order valence-electron chi connectivity index (χ4n) is 2.17. The third-order valence-electron chi connectivity index (χ3n) is 3.32. The first-order valence-corrected chi connectivity index (χ1v) is 7.91. The standard InChI is InChI=1S/C16H32O3/c1-2-3-4-5-6-7-8-9-10-11-12-13-14-15-16(17,18)19/h14-15,17-19H,2-13H2,1H3. The first-order chi connectivity index (χ1) is 9.06. The molecule has 0 atom stereocenters. The molecule has 114 valence electrons. The number of rotatable bonds is 13. The average molecular weight is 272 g/mol. The molecule has 0 bridgehead atoms. The van der Waals surface area contributed by atoms with Crippen LogP contribution in [0.2, 0.25) is 0 Å². The van der Waals surface area contributed by atoms with E-state index in [1.165, 1.54) is 64.2 Å². The van der Waals surface area contributed by atoms with E-state index in [9.17, 15) is 0 Å². The molecule has 0 aliphatic rings. The SMILES string of the molecule is CCCCCCCCCCCCCC=CC(O)(O)O. The molecule has 0 aromatic heterocycles. The predicted octanol–water partition coefficient (Wildman–Crippen LogP) is 3.87. The van der Waals surface area contributed by atoms with E-state index in [4.69, 9.17) is 15.3 Å². The van der Waals surface area contributed by atoms with Crippen LogP contribution in [0.1, 0.15) is 84.0 Å². The topological polar surface area (TPSA) is 60.7 Å². The van der Waals surface area contributed by atoms with E-state index >= 15 is 0 Å². The first-order valence-electron chi connectivity index (χ1n) is 7.91. The Morgan fingerprint density at radius 3 is 1.53 bits per heavy atom. The summed E-state index contributed by atoms with van der Waals surface area (Å²) in [5.41, 5.74) is 0. The Balaban J connectivity index is 3.09. The minimum absolute atomic E-state index is 0.792. The molecule has 0 spiro atoms. The molecule has 0 rings (SSSR count). The van der Waals surface area contributed by atoms with Crippen molar-refractivity contribution in [1.29, 1.82) is 0 Å². The highest BCUT2D eigenvalue weighted by molar-refractivity contribution is 4.87. The maximum Gasteiger partial charge on any atom is 0.297 e. The van der Waals surface area contributed by atoms with E-state index in [-0.39, 0.29) is 0 Å². The van der Waals surface area contributed by atoms with E-state index < -0.39 is 5.97 Å². The van der Waals surface area contributed by atoms with E-state index in [0.29, 0.717) is 0 Å². The lowest BCUT2D eigenvalue weighted by Gasteiger charge is -2.06. The van der Waals surface area contributed by atoms with Crippen molar-refractivity contribution in [3.05, 3.63) is 12.2 Å². The maximum absolute atomic E-state index is 8.62. The van der Waals surface area contributed by atoms with Gasteiger partial charge in [0.15, 0.2) is 0 Å². The fourth-order valence-corrected chi connectivity index (χ4v) is 2.17. The van der Waals surface area contributed by atoms with Crippen LogP contribution in [0, 0.1) is 0 Å². The Kier molecular flexibility index (Phi) is 12.4. The smallest absolute Gasteiger partial charge is 0.297 e. The summed E-state index contributed by atoms with van der Waals surface area (Å²) in [4.78, 5) is 0. The van der Waals surface area contributed by atoms with Crippen molar-refractivity contribution in [2.45, 2.75) is 89.9 Å². The quantitative estimate of drug-likeness (QED) is 0.271. The Labute approximate surface area is 118 Å². The molecule has 0 fully saturated rings. The molecule has 0 heterocycles. The molecule has 0 saturated carbocycles. The zero-order valence-electron chi connectivity index (χ0n) is 12.5. The van der Waals surface area contributed by atoms with Gasteiger partial charge < -0.3 is 15.3 Å². The summed E-state index contributed by atoms with van der Waals surface area (Å²) in [5, 5.41) is 25.9.